The normalized spacial score (nSPS) is 10.9. The number of amides is 1. The van der Waals surface area contributed by atoms with Crippen molar-refractivity contribution in [2.45, 2.75) is 52.7 Å². The second kappa shape index (κ2) is 7.38. The maximum Gasteiger partial charge on any atom is 0.263 e. The minimum Gasteiger partial charge on any atom is -0.486 e. The van der Waals surface area contributed by atoms with Crippen LogP contribution in [0.5, 0.6) is 5.75 Å². The van der Waals surface area contributed by atoms with Crippen LogP contribution in [-0.2, 0) is 0 Å². The highest BCUT2D eigenvalue weighted by Gasteiger charge is 2.23. The van der Waals surface area contributed by atoms with Gasteiger partial charge in [0, 0.05) is 13.1 Å². The molecule has 0 aliphatic rings. The molecule has 0 fully saturated rings. The third-order valence-corrected chi connectivity index (χ3v) is 4.12. The zero-order valence-corrected chi connectivity index (χ0v) is 13.7. The van der Waals surface area contributed by atoms with Gasteiger partial charge in [0.2, 0.25) is 0 Å². The predicted molar refractivity (Wildman–Crippen MR) is 85.9 cm³/mol. The predicted octanol–water partition coefficient (Wildman–Crippen LogP) is 3.08. The van der Waals surface area contributed by atoms with E-state index in [9.17, 15) is 4.79 Å². The highest BCUT2D eigenvalue weighted by Crippen LogP contribution is 2.43. The Hall–Kier alpha value is -1.43. The Morgan fingerprint density at radius 2 is 1.95 bits per heavy atom. The third kappa shape index (κ3) is 3.79. The summed E-state index contributed by atoms with van der Waals surface area (Å²) in [6.07, 6.45) is 2.02. The van der Waals surface area contributed by atoms with E-state index in [1.807, 2.05) is 13.8 Å². The van der Waals surface area contributed by atoms with Gasteiger partial charge in [-0.15, -0.1) is 11.3 Å². The second-order valence-electron chi connectivity index (χ2n) is 4.91. The highest BCUT2D eigenvalue weighted by molar-refractivity contribution is 7.19. The number of carbonyl (C=O) groups is 1. The number of anilines is 2. The first kappa shape index (κ1) is 16.6. The maximum atomic E-state index is 11.8. The van der Waals surface area contributed by atoms with Crippen molar-refractivity contribution in [1.29, 1.82) is 0 Å². The number of nitrogens with one attached hydrogen (secondary N) is 2. The van der Waals surface area contributed by atoms with Gasteiger partial charge < -0.3 is 21.1 Å². The van der Waals surface area contributed by atoms with Crippen molar-refractivity contribution >= 4 is 27.9 Å². The van der Waals surface area contributed by atoms with Crippen LogP contribution in [0.1, 0.15) is 50.2 Å². The first-order valence-corrected chi connectivity index (χ1v) is 7.83. The number of hydrogen-bond acceptors (Lipinski definition) is 5. The molecule has 0 radical (unpaired) electrons. The van der Waals surface area contributed by atoms with Crippen LogP contribution in [-0.4, -0.2) is 25.1 Å². The molecule has 0 aliphatic heterocycles. The van der Waals surface area contributed by atoms with Gasteiger partial charge in [0.1, 0.15) is 15.6 Å². The summed E-state index contributed by atoms with van der Waals surface area (Å²) in [5, 5.41) is 6.87. The lowest BCUT2D eigenvalue weighted by atomic mass is 10.2. The van der Waals surface area contributed by atoms with Crippen molar-refractivity contribution < 1.29 is 9.53 Å². The zero-order chi connectivity index (χ0) is 15.3. The van der Waals surface area contributed by atoms with Gasteiger partial charge >= 0.3 is 0 Å². The molecule has 0 aromatic carbocycles. The molecular formula is C14H25N3O2S. The molecule has 6 heteroatoms. The molecule has 0 spiro atoms. The van der Waals surface area contributed by atoms with E-state index >= 15 is 0 Å². The fraction of sp³-hybridized carbons (Fsp3) is 0.643. The van der Waals surface area contributed by atoms with E-state index in [4.69, 9.17) is 10.5 Å². The Kier molecular flexibility index (Phi) is 6.13. The van der Waals surface area contributed by atoms with Crippen LogP contribution in [0, 0.1) is 0 Å². The lowest BCUT2D eigenvalue weighted by Crippen LogP contribution is -2.18. The van der Waals surface area contributed by atoms with E-state index in [0.717, 1.165) is 17.8 Å². The molecule has 0 bridgehead atoms. The molecule has 0 unspecified atom stereocenters. The minimum absolute atomic E-state index is 0.00620. The molecule has 1 aromatic rings. The molecule has 0 saturated heterocycles. The molecule has 4 N–H and O–H groups in total. The van der Waals surface area contributed by atoms with E-state index in [1.54, 1.807) is 7.05 Å². The smallest absolute Gasteiger partial charge is 0.263 e. The molecule has 0 aliphatic carbocycles. The van der Waals surface area contributed by atoms with Gasteiger partial charge in [-0.05, 0) is 26.7 Å². The number of rotatable bonds is 7. The highest BCUT2D eigenvalue weighted by atomic mass is 32.1. The number of hydrogen-bond donors (Lipinski definition) is 3. The van der Waals surface area contributed by atoms with Gasteiger partial charge in [0.05, 0.1) is 6.10 Å². The van der Waals surface area contributed by atoms with E-state index in [2.05, 4.69) is 24.5 Å². The molecule has 114 valence electrons. The number of thiophene rings is 1. The Morgan fingerprint density at radius 3 is 2.40 bits per heavy atom. The average Bonchev–Trinajstić information content (AvgIpc) is 2.72. The summed E-state index contributed by atoms with van der Waals surface area (Å²) in [4.78, 5) is 12.3. The SMILES string of the molecule is CCC(CC)Nc1sc(C(=O)NC)c(N)c1OC(C)C. The number of nitrogen functional groups attached to an aromatic ring is 1. The van der Waals surface area contributed by atoms with Crippen molar-refractivity contribution in [1.82, 2.24) is 5.32 Å². The Bertz CT molecular complexity index is 454. The van der Waals surface area contributed by atoms with Crippen LogP contribution >= 0.6 is 11.3 Å². The fourth-order valence-corrected chi connectivity index (χ4v) is 2.91. The minimum atomic E-state index is -0.182. The maximum absolute atomic E-state index is 11.8. The second-order valence-corrected chi connectivity index (χ2v) is 5.93. The summed E-state index contributed by atoms with van der Waals surface area (Å²) in [6, 6.07) is 0.347. The van der Waals surface area contributed by atoms with Gasteiger partial charge in [-0.1, -0.05) is 13.8 Å². The Labute approximate surface area is 124 Å². The van der Waals surface area contributed by atoms with Crippen molar-refractivity contribution in [3.63, 3.8) is 0 Å². The van der Waals surface area contributed by atoms with E-state index in [1.165, 1.54) is 11.3 Å². The molecule has 20 heavy (non-hydrogen) atoms. The number of ether oxygens (including phenoxy) is 1. The Balaban J connectivity index is 3.15. The first-order chi connectivity index (χ1) is 9.44. The molecule has 0 atom stereocenters. The van der Waals surface area contributed by atoms with E-state index in [-0.39, 0.29) is 12.0 Å². The number of nitrogens with two attached hydrogens (primary N) is 1. The molecule has 1 aromatic heterocycles. The average molecular weight is 299 g/mol. The van der Waals surface area contributed by atoms with Gasteiger partial charge in [0.25, 0.3) is 5.91 Å². The summed E-state index contributed by atoms with van der Waals surface area (Å²) in [6.45, 7) is 8.14. The van der Waals surface area contributed by atoms with Crippen molar-refractivity contribution in [3.8, 4) is 5.75 Å². The summed E-state index contributed by atoms with van der Waals surface area (Å²) in [5.74, 6) is 0.411. The number of carbonyl (C=O) groups excluding carboxylic acids is 1. The summed E-state index contributed by atoms with van der Waals surface area (Å²) < 4.78 is 5.78. The summed E-state index contributed by atoms with van der Waals surface area (Å²) in [7, 11) is 1.60. The molecular weight excluding hydrogens is 274 g/mol. The largest absolute Gasteiger partial charge is 0.486 e. The van der Waals surface area contributed by atoms with Crippen LogP contribution < -0.4 is 21.1 Å². The quantitative estimate of drug-likeness (QED) is 0.723. The van der Waals surface area contributed by atoms with Crippen LogP contribution in [0.4, 0.5) is 10.7 Å². The van der Waals surface area contributed by atoms with E-state index in [0.29, 0.717) is 22.4 Å². The monoisotopic (exact) mass is 299 g/mol. The van der Waals surface area contributed by atoms with E-state index < -0.39 is 0 Å². The lowest BCUT2D eigenvalue weighted by Gasteiger charge is -2.17. The van der Waals surface area contributed by atoms with Gasteiger partial charge in [-0.25, -0.2) is 0 Å². The van der Waals surface area contributed by atoms with Crippen molar-refractivity contribution in [3.05, 3.63) is 4.88 Å². The van der Waals surface area contributed by atoms with Gasteiger partial charge in [-0.2, -0.15) is 0 Å². The Morgan fingerprint density at radius 1 is 1.35 bits per heavy atom. The molecule has 5 nitrogen and oxygen atoms in total. The molecule has 1 amide bonds. The topological polar surface area (TPSA) is 76.4 Å². The molecule has 0 saturated carbocycles. The fourth-order valence-electron chi connectivity index (χ4n) is 1.84. The first-order valence-electron chi connectivity index (χ1n) is 7.01. The summed E-state index contributed by atoms with van der Waals surface area (Å²) in [5.41, 5.74) is 6.49. The zero-order valence-electron chi connectivity index (χ0n) is 12.9. The lowest BCUT2D eigenvalue weighted by molar-refractivity contribution is 0.0967. The van der Waals surface area contributed by atoms with Crippen LogP contribution in [0.15, 0.2) is 0 Å². The molecule has 1 heterocycles. The van der Waals surface area contributed by atoms with Crippen LogP contribution in [0.25, 0.3) is 0 Å². The standard InChI is InChI=1S/C14H25N3O2S/c1-6-9(7-2)17-14-11(19-8(3)4)10(15)12(20-14)13(18)16-5/h8-9,17H,6-7,15H2,1-5H3,(H,16,18). The molecule has 1 rings (SSSR count). The summed E-state index contributed by atoms with van der Waals surface area (Å²) >= 11 is 1.35. The third-order valence-electron chi connectivity index (χ3n) is 3.01. The van der Waals surface area contributed by atoms with Gasteiger partial charge in [0.15, 0.2) is 5.75 Å². The van der Waals surface area contributed by atoms with Gasteiger partial charge in [-0.3, -0.25) is 4.79 Å². The van der Waals surface area contributed by atoms with Crippen molar-refractivity contribution in [2.75, 3.05) is 18.1 Å². The van der Waals surface area contributed by atoms with Crippen molar-refractivity contribution in [2.24, 2.45) is 0 Å². The van der Waals surface area contributed by atoms with Crippen LogP contribution in [0.2, 0.25) is 0 Å². The van der Waals surface area contributed by atoms with Crippen LogP contribution in [0.3, 0.4) is 0 Å².